The molecule has 0 saturated carbocycles. The maximum atomic E-state index is 13.6. The lowest BCUT2D eigenvalue weighted by Gasteiger charge is -2.11. The number of aliphatic carboxylic acids is 1. The molecule has 0 aliphatic carbocycles. The Bertz CT molecular complexity index is 642. The first-order chi connectivity index (χ1) is 9.19. The molecule has 0 bridgehead atoms. The third kappa shape index (κ3) is 3.52. The van der Waals surface area contributed by atoms with Gasteiger partial charge in [-0.3, -0.25) is 4.79 Å². The minimum absolute atomic E-state index is 0.419. The van der Waals surface area contributed by atoms with Crippen LogP contribution in [-0.2, 0) is 19.6 Å². The largest absolute Gasteiger partial charge is 0.480 e. The second kappa shape index (κ2) is 5.97. The summed E-state index contributed by atoms with van der Waals surface area (Å²) >= 11 is 0. The molecule has 1 aromatic rings. The van der Waals surface area contributed by atoms with Gasteiger partial charge in [-0.15, -0.1) is 0 Å². The molecule has 0 heterocycles. The summed E-state index contributed by atoms with van der Waals surface area (Å²) in [6.45, 7) is 1.12. The van der Waals surface area contributed by atoms with E-state index < -0.39 is 44.3 Å². The summed E-state index contributed by atoms with van der Waals surface area (Å²) in [5.74, 6) is -3.40. The fourth-order valence-corrected chi connectivity index (χ4v) is 2.50. The molecule has 0 spiro atoms. The lowest BCUT2D eigenvalue weighted by molar-refractivity contribution is -0.138. The third-order valence-corrected chi connectivity index (χ3v) is 3.90. The van der Waals surface area contributed by atoms with Gasteiger partial charge in [-0.2, -0.15) is 4.72 Å². The molecule has 1 rings (SSSR count). The molecule has 0 saturated heterocycles. The Morgan fingerprint density at radius 2 is 2.00 bits per heavy atom. The number of carboxylic acid groups (broad SMARTS) is 1. The number of sulfonamides is 1. The van der Waals surface area contributed by atoms with Gasteiger partial charge in [-0.1, -0.05) is 0 Å². The maximum absolute atomic E-state index is 13.6. The predicted molar refractivity (Wildman–Crippen MR) is 65.2 cm³/mol. The Kier molecular flexibility index (Phi) is 4.79. The highest BCUT2D eigenvalue weighted by Crippen LogP contribution is 2.16. The molecule has 0 aromatic heterocycles. The number of methoxy groups -OCH3 is 1. The summed E-state index contributed by atoms with van der Waals surface area (Å²) in [6, 6.07) is 1.17. The van der Waals surface area contributed by atoms with Crippen molar-refractivity contribution in [1.82, 2.24) is 4.72 Å². The van der Waals surface area contributed by atoms with Gasteiger partial charge in [0.05, 0.1) is 17.6 Å². The molecule has 0 amide bonds. The minimum atomic E-state index is -4.20. The van der Waals surface area contributed by atoms with Crippen LogP contribution >= 0.6 is 0 Å². The minimum Gasteiger partial charge on any atom is -0.480 e. The summed E-state index contributed by atoms with van der Waals surface area (Å²) in [4.78, 5) is 21.3. The van der Waals surface area contributed by atoms with E-state index in [1.54, 1.807) is 0 Å². The van der Waals surface area contributed by atoms with E-state index in [2.05, 4.69) is 4.74 Å². The van der Waals surface area contributed by atoms with Crippen LogP contribution in [-0.4, -0.2) is 38.6 Å². The second-order valence-corrected chi connectivity index (χ2v) is 5.53. The van der Waals surface area contributed by atoms with Gasteiger partial charge in [0.1, 0.15) is 11.9 Å². The van der Waals surface area contributed by atoms with E-state index in [0.29, 0.717) is 6.07 Å². The molecule has 0 aliphatic heterocycles. The molecule has 0 fully saturated rings. The topological polar surface area (TPSA) is 110 Å². The number of hydrogen-bond donors (Lipinski definition) is 2. The fourth-order valence-electron chi connectivity index (χ4n) is 1.29. The molecule has 0 aliphatic rings. The number of halogens is 1. The summed E-state index contributed by atoms with van der Waals surface area (Å²) in [5, 5.41) is 8.63. The van der Waals surface area contributed by atoms with Crippen molar-refractivity contribution in [3.8, 4) is 0 Å². The average Bonchev–Trinajstić information content (AvgIpc) is 2.37. The zero-order valence-corrected chi connectivity index (χ0v) is 11.4. The van der Waals surface area contributed by atoms with Crippen molar-refractivity contribution in [3.05, 3.63) is 29.6 Å². The molecule has 2 N–H and O–H groups in total. The smallest absolute Gasteiger partial charge is 0.340 e. The van der Waals surface area contributed by atoms with E-state index in [9.17, 15) is 22.4 Å². The molecule has 0 radical (unpaired) electrons. The Morgan fingerprint density at radius 1 is 1.40 bits per heavy atom. The van der Waals surface area contributed by atoms with Crippen LogP contribution in [0.3, 0.4) is 0 Å². The molecule has 1 atom stereocenters. The molecule has 20 heavy (non-hydrogen) atoms. The van der Waals surface area contributed by atoms with Crippen LogP contribution in [0.15, 0.2) is 23.1 Å². The van der Waals surface area contributed by atoms with Gasteiger partial charge in [0.15, 0.2) is 0 Å². The van der Waals surface area contributed by atoms with Gasteiger partial charge in [-0.05, 0) is 25.1 Å². The van der Waals surface area contributed by atoms with Gasteiger partial charge in [0.2, 0.25) is 10.0 Å². The van der Waals surface area contributed by atoms with Crippen LogP contribution in [0.2, 0.25) is 0 Å². The highest BCUT2D eigenvalue weighted by molar-refractivity contribution is 7.89. The predicted octanol–water partition coefficient (Wildman–Crippen LogP) is 0.364. The van der Waals surface area contributed by atoms with Crippen molar-refractivity contribution in [2.45, 2.75) is 17.9 Å². The normalized spacial score (nSPS) is 12.8. The maximum Gasteiger partial charge on any atom is 0.340 e. The number of hydrogen-bond acceptors (Lipinski definition) is 5. The number of ether oxygens (including phenoxy) is 1. The molecule has 9 heteroatoms. The SMILES string of the molecule is COC(=O)c1ccc(S(=O)(=O)N[C@@H](C)C(=O)O)cc1F. The molecule has 7 nitrogen and oxygen atoms in total. The van der Waals surface area contributed by atoms with Crippen molar-refractivity contribution >= 4 is 22.0 Å². The number of carbonyl (C=O) groups is 2. The summed E-state index contributed by atoms with van der Waals surface area (Å²) in [6.07, 6.45) is 0. The van der Waals surface area contributed by atoms with Gasteiger partial charge in [0, 0.05) is 0 Å². The van der Waals surface area contributed by atoms with Crippen molar-refractivity contribution in [2.24, 2.45) is 0 Å². The first-order valence-corrected chi connectivity index (χ1v) is 6.80. The van der Waals surface area contributed by atoms with E-state index in [1.807, 2.05) is 4.72 Å². The highest BCUT2D eigenvalue weighted by Gasteiger charge is 2.23. The van der Waals surface area contributed by atoms with Crippen molar-refractivity contribution < 1.29 is 32.2 Å². The highest BCUT2D eigenvalue weighted by atomic mass is 32.2. The standard InChI is InChI=1S/C11H12FNO6S/c1-6(10(14)15)13-20(17,18)7-3-4-8(9(12)5-7)11(16)19-2/h3-6,13H,1-2H3,(H,14,15)/t6-/m0/s1. The van der Waals surface area contributed by atoms with Crippen molar-refractivity contribution in [1.29, 1.82) is 0 Å². The van der Waals surface area contributed by atoms with Crippen molar-refractivity contribution in [3.63, 3.8) is 0 Å². The first kappa shape index (κ1) is 16.1. The Hall–Kier alpha value is -2.00. The van der Waals surface area contributed by atoms with Crippen LogP contribution in [0.5, 0.6) is 0 Å². The fraction of sp³-hybridized carbons (Fsp3) is 0.273. The number of nitrogens with one attached hydrogen (secondary N) is 1. The summed E-state index contributed by atoms with van der Waals surface area (Å²) < 4.78 is 43.4. The molecular weight excluding hydrogens is 293 g/mol. The monoisotopic (exact) mass is 305 g/mol. The van der Waals surface area contributed by atoms with E-state index in [0.717, 1.165) is 26.2 Å². The quantitative estimate of drug-likeness (QED) is 0.760. The number of benzene rings is 1. The van der Waals surface area contributed by atoms with Crippen LogP contribution in [0.4, 0.5) is 4.39 Å². The van der Waals surface area contributed by atoms with Crippen LogP contribution in [0.1, 0.15) is 17.3 Å². The van der Waals surface area contributed by atoms with Crippen LogP contribution in [0, 0.1) is 5.82 Å². The number of carboxylic acids is 1. The number of esters is 1. The number of rotatable bonds is 5. The van der Waals surface area contributed by atoms with Crippen molar-refractivity contribution in [2.75, 3.05) is 7.11 Å². The van der Waals surface area contributed by atoms with Gasteiger partial charge >= 0.3 is 11.9 Å². The molecule has 0 unspecified atom stereocenters. The second-order valence-electron chi connectivity index (χ2n) is 3.81. The van der Waals surface area contributed by atoms with E-state index in [-0.39, 0.29) is 0 Å². The Morgan fingerprint density at radius 3 is 2.45 bits per heavy atom. The Labute approximate surface area is 114 Å². The molecular formula is C11H12FNO6S. The zero-order valence-electron chi connectivity index (χ0n) is 10.6. The first-order valence-electron chi connectivity index (χ1n) is 5.32. The lowest BCUT2D eigenvalue weighted by atomic mass is 10.2. The average molecular weight is 305 g/mol. The zero-order chi connectivity index (χ0) is 15.5. The van der Waals surface area contributed by atoms with Gasteiger partial charge < -0.3 is 9.84 Å². The number of carbonyl (C=O) groups excluding carboxylic acids is 1. The Balaban J connectivity index is 3.12. The molecule has 1 aromatic carbocycles. The third-order valence-electron chi connectivity index (χ3n) is 2.36. The van der Waals surface area contributed by atoms with Gasteiger partial charge in [0.25, 0.3) is 0 Å². The van der Waals surface area contributed by atoms with E-state index in [4.69, 9.17) is 5.11 Å². The lowest BCUT2D eigenvalue weighted by Crippen LogP contribution is -2.38. The van der Waals surface area contributed by atoms with E-state index in [1.165, 1.54) is 0 Å². The summed E-state index contributed by atoms with van der Waals surface area (Å²) in [5.41, 5.74) is -0.419. The van der Waals surface area contributed by atoms with Crippen LogP contribution in [0.25, 0.3) is 0 Å². The van der Waals surface area contributed by atoms with Gasteiger partial charge in [-0.25, -0.2) is 17.6 Å². The van der Waals surface area contributed by atoms with Crippen LogP contribution < -0.4 is 4.72 Å². The molecule has 110 valence electrons. The summed E-state index contributed by atoms with van der Waals surface area (Å²) in [7, 11) is -3.14. The van der Waals surface area contributed by atoms with E-state index >= 15 is 0 Å².